The molecule has 0 radical (unpaired) electrons. The highest BCUT2D eigenvalue weighted by molar-refractivity contribution is 7.89. The summed E-state index contributed by atoms with van der Waals surface area (Å²) in [6.07, 6.45) is 3.35. The Balaban J connectivity index is 1.60. The summed E-state index contributed by atoms with van der Waals surface area (Å²) >= 11 is 0. The molecule has 5 N–H and O–H groups in total. The van der Waals surface area contributed by atoms with E-state index in [9.17, 15) is 18.0 Å². The van der Waals surface area contributed by atoms with Gasteiger partial charge in [0.15, 0.2) is 0 Å². The van der Waals surface area contributed by atoms with Crippen molar-refractivity contribution >= 4 is 27.4 Å². The van der Waals surface area contributed by atoms with Crippen LogP contribution in [0.15, 0.2) is 71.9 Å². The van der Waals surface area contributed by atoms with Gasteiger partial charge in [0.1, 0.15) is 0 Å². The van der Waals surface area contributed by atoms with Crippen molar-refractivity contribution < 1.29 is 18.0 Å². The molecule has 8 nitrogen and oxygen atoms in total. The van der Waals surface area contributed by atoms with E-state index >= 15 is 0 Å². The molecule has 0 saturated heterocycles. The van der Waals surface area contributed by atoms with Gasteiger partial charge in [0.25, 0.3) is 11.8 Å². The summed E-state index contributed by atoms with van der Waals surface area (Å²) in [5.74, 6) is -0.933. The Morgan fingerprint density at radius 2 is 1.73 bits per heavy atom. The summed E-state index contributed by atoms with van der Waals surface area (Å²) in [5, 5.41) is 10.5. The number of aromatic nitrogens is 1. The number of imide groups is 1. The van der Waals surface area contributed by atoms with Gasteiger partial charge in [-0.15, -0.1) is 0 Å². The minimum atomic E-state index is -3.75. The number of benzene rings is 2. The predicted molar refractivity (Wildman–Crippen MR) is 111 cm³/mol. The van der Waals surface area contributed by atoms with Crippen LogP contribution in [-0.4, -0.2) is 25.2 Å². The fourth-order valence-corrected chi connectivity index (χ4v) is 3.73. The highest BCUT2D eigenvalue weighted by Gasteiger charge is 2.27. The standard InChI is InChI=1S/C21H18N4O4S/c22-30(28,29)15-6-3-13(4-7-15)11-23-12-18-17-10-14(19-2-1-9-24-19)5-8-16(17)20(26)25-21(18)27/h1-10,12,23-24H,11H2,(H2,22,28,29)(H,25,26,27)/b18-12-. The van der Waals surface area contributed by atoms with Crippen LogP contribution in [0.25, 0.3) is 16.8 Å². The molecule has 2 amide bonds. The van der Waals surface area contributed by atoms with E-state index in [-0.39, 0.29) is 4.90 Å². The first-order valence-electron chi connectivity index (χ1n) is 9.02. The molecule has 2 aromatic carbocycles. The first kappa shape index (κ1) is 19.6. The number of sulfonamides is 1. The molecule has 0 unspecified atom stereocenters. The average molecular weight is 422 g/mol. The number of carbonyl (C=O) groups is 2. The predicted octanol–water partition coefficient (Wildman–Crippen LogP) is 1.73. The van der Waals surface area contributed by atoms with Gasteiger partial charge >= 0.3 is 0 Å². The van der Waals surface area contributed by atoms with Crippen LogP contribution in [0, 0.1) is 0 Å². The number of fused-ring (bicyclic) bond motifs is 1. The van der Waals surface area contributed by atoms with Gasteiger partial charge < -0.3 is 10.3 Å². The van der Waals surface area contributed by atoms with E-state index < -0.39 is 21.8 Å². The molecule has 0 aliphatic carbocycles. The van der Waals surface area contributed by atoms with Gasteiger partial charge in [0.2, 0.25) is 10.0 Å². The summed E-state index contributed by atoms with van der Waals surface area (Å²) in [7, 11) is -3.75. The van der Waals surface area contributed by atoms with E-state index in [2.05, 4.69) is 15.6 Å². The molecule has 0 bridgehead atoms. The van der Waals surface area contributed by atoms with Crippen molar-refractivity contribution in [1.82, 2.24) is 15.6 Å². The normalized spacial score (nSPS) is 15.0. The Bertz CT molecular complexity index is 1260. The fourth-order valence-electron chi connectivity index (χ4n) is 3.21. The molecule has 9 heteroatoms. The lowest BCUT2D eigenvalue weighted by Crippen LogP contribution is -2.37. The molecule has 1 aliphatic rings. The zero-order valence-electron chi connectivity index (χ0n) is 15.7. The van der Waals surface area contributed by atoms with Crippen LogP contribution in [0.2, 0.25) is 0 Å². The molecule has 4 rings (SSSR count). The van der Waals surface area contributed by atoms with Crippen molar-refractivity contribution in [3.63, 3.8) is 0 Å². The lowest BCUT2D eigenvalue weighted by molar-refractivity contribution is -0.114. The molecule has 2 heterocycles. The molecule has 0 saturated carbocycles. The quantitative estimate of drug-likeness (QED) is 0.367. The molecule has 0 fully saturated rings. The SMILES string of the molecule is NS(=O)(=O)c1ccc(CN/C=C2\C(=O)NC(=O)c3ccc(-c4ccc[nH]4)cc32)cc1. The van der Waals surface area contributed by atoms with Crippen LogP contribution in [-0.2, 0) is 21.4 Å². The Morgan fingerprint density at radius 3 is 2.40 bits per heavy atom. The zero-order chi connectivity index (χ0) is 21.3. The molecule has 1 aliphatic heterocycles. The number of carbonyl (C=O) groups excluding carboxylic acids is 2. The lowest BCUT2D eigenvalue weighted by Gasteiger charge is -2.19. The first-order valence-corrected chi connectivity index (χ1v) is 10.6. The Labute approximate surface area is 172 Å². The minimum absolute atomic E-state index is 0.0283. The second kappa shape index (κ2) is 7.62. The van der Waals surface area contributed by atoms with E-state index in [4.69, 9.17) is 5.14 Å². The van der Waals surface area contributed by atoms with Gasteiger partial charge in [-0.05, 0) is 47.5 Å². The van der Waals surface area contributed by atoms with Gasteiger partial charge in [-0.1, -0.05) is 18.2 Å². The lowest BCUT2D eigenvalue weighted by atomic mass is 9.93. The van der Waals surface area contributed by atoms with E-state index in [0.29, 0.717) is 23.2 Å². The Kier molecular flexibility index (Phi) is 4.98. The van der Waals surface area contributed by atoms with Crippen molar-refractivity contribution in [1.29, 1.82) is 0 Å². The summed E-state index contributed by atoms with van der Waals surface area (Å²) in [6.45, 7) is 0.348. The third-order valence-corrected chi connectivity index (χ3v) is 5.67. The maximum Gasteiger partial charge on any atom is 0.260 e. The van der Waals surface area contributed by atoms with Gasteiger partial charge in [-0.3, -0.25) is 14.9 Å². The maximum absolute atomic E-state index is 12.4. The molecule has 0 spiro atoms. The van der Waals surface area contributed by atoms with Crippen molar-refractivity contribution in [2.24, 2.45) is 5.14 Å². The molecule has 0 atom stereocenters. The van der Waals surface area contributed by atoms with Gasteiger partial charge in [0, 0.05) is 35.8 Å². The number of rotatable bonds is 5. The topological polar surface area (TPSA) is 134 Å². The number of nitrogens with two attached hydrogens (primary N) is 1. The number of H-pyrrole nitrogens is 1. The third-order valence-electron chi connectivity index (χ3n) is 4.74. The van der Waals surface area contributed by atoms with Crippen LogP contribution < -0.4 is 15.8 Å². The first-order chi connectivity index (χ1) is 14.3. The van der Waals surface area contributed by atoms with E-state index in [0.717, 1.165) is 16.8 Å². The van der Waals surface area contributed by atoms with E-state index in [1.54, 1.807) is 36.7 Å². The van der Waals surface area contributed by atoms with Crippen molar-refractivity contribution in [2.45, 2.75) is 11.4 Å². The van der Waals surface area contributed by atoms with Crippen LogP contribution in [0.5, 0.6) is 0 Å². The van der Waals surface area contributed by atoms with E-state index in [1.807, 2.05) is 18.2 Å². The second-order valence-corrected chi connectivity index (χ2v) is 8.32. The summed E-state index contributed by atoms with van der Waals surface area (Å²) in [5.41, 5.74) is 3.80. The van der Waals surface area contributed by atoms with Crippen LogP contribution in [0.3, 0.4) is 0 Å². The molecular weight excluding hydrogens is 404 g/mol. The molecule has 152 valence electrons. The molecular formula is C21H18N4O4S. The number of aromatic amines is 1. The highest BCUT2D eigenvalue weighted by atomic mass is 32.2. The minimum Gasteiger partial charge on any atom is -0.386 e. The number of hydrogen-bond acceptors (Lipinski definition) is 5. The highest BCUT2D eigenvalue weighted by Crippen LogP contribution is 2.28. The summed E-state index contributed by atoms with van der Waals surface area (Å²) < 4.78 is 22.7. The summed E-state index contributed by atoms with van der Waals surface area (Å²) in [6, 6.07) is 15.2. The van der Waals surface area contributed by atoms with Crippen molar-refractivity contribution in [3.05, 3.63) is 83.7 Å². The zero-order valence-corrected chi connectivity index (χ0v) is 16.5. The largest absolute Gasteiger partial charge is 0.386 e. The molecule has 1 aromatic heterocycles. The third kappa shape index (κ3) is 3.88. The van der Waals surface area contributed by atoms with Crippen LogP contribution in [0.4, 0.5) is 0 Å². The second-order valence-electron chi connectivity index (χ2n) is 6.76. The monoisotopic (exact) mass is 422 g/mol. The van der Waals surface area contributed by atoms with Gasteiger partial charge in [-0.25, -0.2) is 13.6 Å². The Hall–Kier alpha value is -3.69. The average Bonchev–Trinajstić information content (AvgIpc) is 3.24. The van der Waals surface area contributed by atoms with Crippen LogP contribution in [0.1, 0.15) is 21.5 Å². The Morgan fingerprint density at radius 1 is 0.967 bits per heavy atom. The van der Waals surface area contributed by atoms with Gasteiger partial charge in [0.05, 0.1) is 10.5 Å². The van der Waals surface area contributed by atoms with E-state index in [1.165, 1.54) is 12.1 Å². The van der Waals surface area contributed by atoms with Gasteiger partial charge in [-0.2, -0.15) is 0 Å². The number of primary sulfonamides is 1. The number of amides is 2. The number of hydrogen-bond donors (Lipinski definition) is 4. The summed E-state index contributed by atoms with van der Waals surface area (Å²) in [4.78, 5) is 27.8. The van der Waals surface area contributed by atoms with Crippen molar-refractivity contribution in [3.8, 4) is 11.3 Å². The van der Waals surface area contributed by atoms with Crippen LogP contribution >= 0.6 is 0 Å². The maximum atomic E-state index is 12.4. The molecule has 30 heavy (non-hydrogen) atoms. The smallest absolute Gasteiger partial charge is 0.260 e. The number of nitrogens with one attached hydrogen (secondary N) is 3. The molecule has 3 aromatic rings. The fraction of sp³-hybridized carbons (Fsp3) is 0.0476. The van der Waals surface area contributed by atoms with Crippen molar-refractivity contribution in [2.75, 3.05) is 0 Å².